The summed E-state index contributed by atoms with van der Waals surface area (Å²) >= 11 is 1.50. The van der Waals surface area contributed by atoms with Crippen LogP contribution in [0.15, 0.2) is 60.2 Å². The summed E-state index contributed by atoms with van der Waals surface area (Å²) in [4.78, 5) is 71.6. The molecule has 1 fully saturated rings. The summed E-state index contributed by atoms with van der Waals surface area (Å²) in [6.45, 7) is 14.9. The number of methoxy groups -OCH3 is 2. The summed E-state index contributed by atoms with van der Waals surface area (Å²) in [6.07, 6.45) is 5.11. The molecule has 0 saturated carbocycles. The van der Waals surface area contributed by atoms with Gasteiger partial charge in [0.2, 0.25) is 23.6 Å². The standard InChI is InChI=1S/C48H74N8O6S/c1-13-32(6)43(55(10)48(60)41(30(2)3)53-46(59)42(31(4)5)54(9)29-35-21-22-50-39(27-35)49-8)38(61-11)28-40(57)56-24-17-20-37(56)44(62-12)33(7)45(58)52-36(47-51-23-25-63-47)26-34-18-15-14-16-19-34/h14-16,18-19,21-23,25,27,30-33,36-38,41-44H,13,17,20,24,26,28-29H2,1-12H3,(H,49,50)(H,52,58)(H,53,59)/t32-,33+,36-,37-,38+,41-,42-,43-,44+/m0/s1. The average molecular weight is 891 g/mol. The van der Waals surface area contributed by atoms with Crippen LogP contribution < -0.4 is 16.0 Å². The van der Waals surface area contributed by atoms with Gasteiger partial charge >= 0.3 is 0 Å². The monoisotopic (exact) mass is 891 g/mol. The van der Waals surface area contributed by atoms with Crippen molar-refractivity contribution in [2.45, 2.75) is 130 Å². The number of benzene rings is 1. The summed E-state index contributed by atoms with van der Waals surface area (Å²) in [6, 6.07) is 11.5. The van der Waals surface area contributed by atoms with Crippen LogP contribution in [0.1, 0.15) is 96.3 Å². The number of anilines is 1. The van der Waals surface area contributed by atoms with Crippen LogP contribution in [0.3, 0.4) is 0 Å². The molecule has 15 heteroatoms. The molecule has 9 atom stereocenters. The molecule has 0 aliphatic carbocycles. The first-order chi connectivity index (χ1) is 30.1. The minimum Gasteiger partial charge on any atom is -0.379 e. The molecule has 3 N–H and O–H groups in total. The molecule has 0 bridgehead atoms. The number of likely N-dealkylation sites (tertiary alicyclic amines) is 1. The zero-order valence-electron chi connectivity index (χ0n) is 39.7. The molecule has 1 aromatic carbocycles. The van der Waals surface area contributed by atoms with Gasteiger partial charge in [-0.3, -0.25) is 24.1 Å². The Balaban J connectivity index is 1.48. The topological polar surface area (TPSA) is 158 Å². The number of nitrogens with one attached hydrogen (secondary N) is 3. The Bertz CT molecular complexity index is 1880. The number of aromatic nitrogens is 2. The van der Waals surface area contributed by atoms with Crippen molar-refractivity contribution in [1.82, 2.24) is 35.3 Å². The predicted octanol–water partition coefficient (Wildman–Crippen LogP) is 6.20. The fraction of sp³-hybridized carbons (Fsp3) is 0.625. The highest BCUT2D eigenvalue weighted by Gasteiger charge is 2.43. The number of nitrogens with zero attached hydrogens (tertiary/aromatic N) is 5. The van der Waals surface area contributed by atoms with E-state index in [1.54, 1.807) is 38.6 Å². The number of pyridine rings is 1. The maximum atomic E-state index is 14.6. The number of hydrogen-bond donors (Lipinski definition) is 3. The normalized spacial score (nSPS) is 18.0. The first-order valence-electron chi connectivity index (χ1n) is 22.5. The molecule has 3 heterocycles. The van der Waals surface area contributed by atoms with Gasteiger partial charge < -0.3 is 35.2 Å². The molecule has 1 aliphatic heterocycles. The number of ether oxygens (including phenoxy) is 2. The molecule has 0 spiro atoms. The molecule has 1 aliphatic rings. The summed E-state index contributed by atoms with van der Waals surface area (Å²) in [5.74, 6) is -0.862. The van der Waals surface area contributed by atoms with E-state index in [-0.39, 0.29) is 59.9 Å². The maximum absolute atomic E-state index is 14.6. The second-order valence-electron chi connectivity index (χ2n) is 17.8. The van der Waals surface area contributed by atoms with Gasteiger partial charge in [-0.1, -0.05) is 85.2 Å². The average Bonchev–Trinajstić information content (AvgIpc) is 3.99. The van der Waals surface area contributed by atoms with Crippen molar-refractivity contribution in [1.29, 1.82) is 0 Å². The number of carbonyl (C=O) groups is 4. The van der Waals surface area contributed by atoms with E-state index < -0.39 is 36.3 Å². The first-order valence-corrected chi connectivity index (χ1v) is 23.4. The lowest BCUT2D eigenvalue weighted by molar-refractivity contribution is -0.148. The van der Waals surface area contributed by atoms with E-state index in [9.17, 15) is 19.2 Å². The fourth-order valence-corrected chi connectivity index (χ4v) is 9.83. The van der Waals surface area contributed by atoms with E-state index in [0.29, 0.717) is 25.9 Å². The highest BCUT2D eigenvalue weighted by Crippen LogP contribution is 2.31. The summed E-state index contributed by atoms with van der Waals surface area (Å²) in [5, 5.41) is 12.2. The maximum Gasteiger partial charge on any atom is 0.245 e. The molecule has 0 radical (unpaired) electrons. The number of hydrogen-bond acceptors (Lipinski definition) is 11. The summed E-state index contributed by atoms with van der Waals surface area (Å²) < 4.78 is 12.2. The van der Waals surface area contributed by atoms with Crippen LogP contribution in [0.25, 0.3) is 0 Å². The molecule has 4 amide bonds. The van der Waals surface area contributed by atoms with Crippen molar-refractivity contribution in [3.8, 4) is 0 Å². The van der Waals surface area contributed by atoms with Gasteiger partial charge in [0.25, 0.3) is 0 Å². The second-order valence-corrected chi connectivity index (χ2v) is 18.8. The van der Waals surface area contributed by atoms with Gasteiger partial charge in [0.15, 0.2) is 0 Å². The van der Waals surface area contributed by atoms with Crippen LogP contribution in [-0.4, -0.2) is 127 Å². The molecule has 4 rings (SSSR count). The smallest absolute Gasteiger partial charge is 0.245 e. The predicted molar refractivity (Wildman–Crippen MR) is 250 cm³/mol. The molecule has 3 aromatic rings. The Kier molecular flexibility index (Phi) is 20.0. The van der Waals surface area contributed by atoms with Crippen molar-refractivity contribution in [3.05, 3.63) is 76.4 Å². The number of thiazole rings is 1. The van der Waals surface area contributed by atoms with Crippen LogP contribution in [0.4, 0.5) is 5.82 Å². The van der Waals surface area contributed by atoms with E-state index >= 15 is 0 Å². The van der Waals surface area contributed by atoms with Gasteiger partial charge in [-0.25, -0.2) is 9.97 Å². The highest BCUT2D eigenvalue weighted by molar-refractivity contribution is 7.09. The molecular weight excluding hydrogens is 817 g/mol. The number of likely N-dealkylation sites (N-methyl/N-ethyl adjacent to an activating group) is 2. The van der Waals surface area contributed by atoms with Crippen molar-refractivity contribution in [3.63, 3.8) is 0 Å². The van der Waals surface area contributed by atoms with Gasteiger partial charge in [-0.15, -0.1) is 11.3 Å². The van der Waals surface area contributed by atoms with Gasteiger partial charge in [0.05, 0.1) is 48.7 Å². The number of carbonyl (C=O) groups excluding carboxylic acids is 4. The molecule has 14 nitrogen and oxygen atoms in total. The van der Waals surface area contributed by atoms with Crippen LogP contribution in [-0.2, 0) is 41.6 Å². The minimum atomic E-state index is -0.810. The quantitative estimate of drug-likeness (QED) is 0.0947. The Morgan fingerprint density at radius 2 is 1.62 bits per heavy atom. The lowest BCUT2D eigenvalue weighted by Crippen LogP contribution is -2.60. The Morgan fingerprint density at radius 1 is 0.905 bits per heavy atom. The summed E-state index contributed by atoms with van der Waals surface area (Å²) in [5.41, 5.74) is 2.10. The summed E-state index contributed by atoms with van der Waals surface area (Å²) in [7, 11) is 8.67. The molecule has 63 heavy (non-hydrogen) atoms. The Hall–Kier alpha value is -4.44. The van der Waals surface area contributed by atoms with E-state index in [4.69, 9.17) is 9.47 Å². The molecule has 2 aromatic heterocycles. The SMILES string of the molecule is CC[C@H](C)[C@@H]([C@@H](CC(=O)N1CCC[C@H]1[C@H](OC)[C@@H](C)C(=O)N[C@@H](Cc1ccccc1)c1nccs1)OC)N(C)C(=O)[C@@H](NC(=O)[C@H](C(C)C)N(C)Cc1ccnc(NC)c1)C(C)C. The first kappa shape index (κ1) is 51.2. The molecule has 0 unspecified atom stereocenters. The van der Waals surface area contributed by atoms with Crippen molar-refractivity contribution in [2.24, 2.45) is 23.7 Å². The lowest BCUT2D eigenvalue weighted by Gasteiger charge is -2.41. The highest BCUT2D eigenvalue weighted by atomic mass is 32.1. The van der Waals surface area contributed by atoms with Crippen LogP contribution in [0.5, 0.6) is 0 Å². The third kappa shape index (κ3) is 13.5. The van der Waals surface area contributed by atoms with E-state index in [1.807, 2.05) is 106 Å². The third-order valence-corrected chi connectivity index (χ3v) is 13.6. The zero-order chi connectivity index (χ0) is 46.4. The van der Waals surface area contributed by atoms with Crippen molar-refractivity contribution >= 4 is 40.8 Å². The van der Waals surface area contributed by atoms with E-state index in [2.05, 4.69) is 39.8 Å². The minimum absolute atomic E-state index is 0.0308. The van der Waals surface area contributed by atoms with E-state index in [0.717, 1.165) is 34.8 Å². The largest absolute Gasteiger partial charge is 0.379 e. The van der Waals surface area contributed by atoms with Crippen molar-refractivity contribution in [2.75, 3.05) is 47.2 Å². The Morgan fingerprint density at radius 3 is 2.21 bits per heavy atom. The fourth-order valence-electron chi connectivity index (χ4n) is 9.14. The van der Waals surface area contributed by atoms with Crippen molar-refractivity contribution < 1.29 is 28.7 Å². The Labute approximate surface area is 380 Å². The number of rotatable bonds is 24. The zero-order valence-corrected chi connectivity index (χ0v) is 40.5. The molecule has 348 valence electrons. The van der Waals surface area contributed by atoms with Crippen LogP contribution in [0.2, 0.25) is 0 Å². The third-order valence-electron chi connectivity index (χ3n) is 12.7. The lowest BCUT2D eigenvalue weighted by atomic mass is 9.89. The van der Waals surface area contributed by atoms with Gasteiger partial charge in [0.1, 0.15) is 16.9 Å². The molecule has 1 saturated heterocycles. The van der Waals surface area contributed by atoms with Gasteiger partial charge in [0, 0.05) is 59.2 Å². The molecular formula is C48H74N8O6S. The van der Waals surface area contributed by atoms with Crippen LogP contribution >= 0.6 is 11.3 Å². The van der Waals surface area contributed by atoms with Crippen LogP contribution in [0, 0.1) is 23.7 Å². The number of amides is 4. The van der Waals surface area contributed by atoms with E-state index in [1.165, 1.54) is 11.3 Å². The second kappa shape index (κ2) is 24.6. The van der Waals surface area contributed by atoms with Gasteiger partial charge in [-0.2, -0.15) is 0 Å². The van der Waals surface area contributed by atoms with Gasteiger partial charge in [-0.05, 0) is 67.3 Å².